The monoisotopic (exact) mass is 267 g/mol. The van der Waals surface area contributed by atoms with E-state index in [1.165, 1.54) is 0 Å². The van der Waals surface area contributed by atoms with Gasteiger partial charge in [-0.2, -0.15) is 0 Å². The summed E-state index contributed by atoms with van der Waals surface area (Å²) in [6, 6.07) is 0.255. The Balaban J connectivity index is 3.27. The predicted octanol–water partition coefficient (Wildman–Crippen LogP) is 2.81. The largest absolute Gasteiger partial charge is 0.461 e. The molecule has 1 aromatic heterocycles. The van der Waals surface area contributed by atoms with Gasteiger partial charge in [0, 0.05) is 12.5 Å². The fourth-order valence-corrected chi connectivity index (χ4v) is 2.41. The number of esters is 1. The zero-order chi connectivity index (χ0) is 14.6. The molecular formula is C14H25N3O2. The van der Waals surface area contributed by atoms with Crippen LogP contribution in [0.1, 0.15) is 63.4 Å². The van der Waals surface area contributed by atoms with E-state index in [1.54, 1.807) is 6.92 Å². The second kappa shape index (κ2) is 6.59. The van der Waals surface area contributed by atoms with Gasteiger partial charge in [-0.25, -0.2) is 9.78 Å². The molecule has 19 heavy (non-hydrogen) atoms. The van der Waals surface area contributed by atoms with Gasteiger partial charge in [0.25, 0.3) is 0 Å². The maximum atomic E-state index is 11.8. The van der Waals surface area contributed by atoms with Gasteiger partial charge in [0.1, 0.15) is 11.6 Å². The van der Waals surface area contributed by atoms with Crippen LogP contribution in [0.15, 0.2) is 0 Å². The SMILES string of the molecule is CCOC(=O)c1nc(CC)n(C(CC)C(C)C)c1N. The van der Waals surface area contributed by atoms with E-state index in [0.717, 1.165) is 18.7 Å². The Hall–Kier alpha value is -1.52. The molecule has 0 aliphatic heterocycles. The van der Waals surface area contributed by atoms with Crippen LogP contribution in [-0.4, -0.2) is 22.1 Å². The van der Waals surface area contributed by atoms with Crippen molar-refractivity contribution in [2.45, 2.75) is 53.5 Å². The van der Waals surface area contributed by atoms with Crippen molar-refractivity contribution in [1.82, 2.24) is 9.55 Å². The number of carbonyl (C=O) groups excluding carboxylic acids is 1. The second-order valence-electron chi connectivity index (χ2n) is 4.93. The van der Waals surface area contributed by atoms with Crippen LogP contribution in [0, 0.1) is 5.92 Å². The van der Waals surface area contributed by atoms with Gasteiger partial charge in [-0.15, -0.1) is 0 Å². The molecule has 0 aliphatic carbocycles. The zero-order valence-corrected chi connectivity index (χ0v) is 12.6. The van der Waals surface area contributed by atoms with Gasteiger partial charge in [0.15, 0.2) is 5.69 Å². The number of aryl methyl sites for hydroxylation is 1. The summed E-state index contributed by atoms with van der Waals surface area (Å²) < 4.78 is 7.00. The Kier molecular flexibility index (Phi) is 5.39. The van der Waals surface area contributed by atoms with Crippen molar-refractivity contribution in [1.29, 1.82) is 0 Å². The quantitative estimate of drug-likeness (QED) is 0.805. The topological polar surface area (TPSA) is 70.1 Å². The Morgan fingerprint density at radius 3 is 2.42 bits per heavy atom. The van der Waals surface area contributed by atoms with E-state index in [2.05, 4.69) is 25.8 Å². The van der Waals surface area contributed by atoms with Gasteiger partial charge in [-0.3, -0.25) is 0 Å². The van der Waals surface area contributed by atoms with Crippen molar-refractivity contribution < 1.29 is 9.53 Å². The Labute approximate surface area is 115 Å². The van der Waals surface area contributed by atoms with Gasteiger partial charge < -0.3 is 15.0 Å². The molecule has 1 rings (SSSR count). The third-order valence-corrected chi connectivity index (χ3v) is 3.33. The molecule has 0 spiro atoms. The summed E-state index contributed by atoms with van der Waals surface area (Å²) in [5.41, 5.74) is 6.37. The summed E-state index contributed by atoms with van der Waals surface area (Å²) in [4.78, 5) is 16.2. The Bertz CT molecular complexity index is 438. The number of rotatable bonds is 6. The lowest BCUT2D eigenvalue weighted by atomic mass is 10.0. The van der Waals surface area contributed by atoms with E-state index < -0.39 is 5.97 Å². The molecule has 2 N–H and O–H groups in total. The molecule has 0 saturated heterocycles. The molecular weight excluding hydrogens is 242 g/mol. The molecule has 0 saturated carbocycles. The zero-order valence-electron chi connectivity index (χ0n) is 12.6. The molecule has 0 bridgehead atoms. The minimum atomic E-state index is -0.438. The first-order valence-corrected chi connectivity index (χ1v) is 7.01. The van der Waals surface area contributed by atoms with Crippen molar-refractivity contribution in [2.75, 3.05) is 12.3 Å². The van der Waals surface area contributed by atoms with Crippen molar-refractivity contribution in [3.05, 3.63) is 11.5 Å². The lowest BCUT2D eigenvalue weighted by molar-refractivity contribution is 0.0521. The minimum absolute atomic E-state index is 0.248. The van der Waals surface area contributed by atoms with Crippen LogP contribution in [0.2, 0.25) is 0 Å². The first kappa shape index (κ1) is 15.5. The number of nitrogens with two attached hydrogens (primary N) is 1. The molecule has 1 atom stereocenters. The van der Waals surface area contributed by atoms with Crippen LogP contribution in [0.3, 0.4) is 0 Å². The highest BCUT2D eigenvalue weighted by molar-refractivity contribution is 5.92. The number of carbonyl (C=O) groups is 1. The molecule has 0 aliphatic rings. The van der Waals surface area contributed by atoms with Crippen molar-refractivity contribution in [3.63, 3.8) is 0 Å². The number of nitrogen functional groups attached to an aromatic ring is 1. The van der Waals surface area contributed by atoms with E-state index in [4.69, 9.17) is 10.5 Å². The van der Waals surface area contributed by atoms with Crippen molar-refractivity contribution in [3.8, 4) is 0 Å². The van der Waals surface area contributed by atoms with E-state index >= 15 is 0 Å². The molecule has 0 amide bonds. The summed E-state index contributed by atoms with van der Waals surface area (Å²) in [5.74, 6) is 1.27. The van der Waals surface area contributed by atoms with E-state index in [0.29, 0.717) is 18.3 Å². The van der Waals surface area contributed by atoms with Crippen molar-refractivity contribution >= 4 is 11.8 Å². The smallest absolute Gasteiger partial charge is 0.360 e. The molecule has 0 radical (unpaired) electrons. The Morgan fingerprint density at radius 2 is 2.00 bits per heavy atom. The first-order chi connectivity index (χ1) is 8.97. The summed E-state index contributed by atoms with van der Waals surface area (Å²) in [6.07, 6.45) is 1.69. The third kappa shape index (κ3) is 3.08. The molecule has 5 nitrogen and oxygen atoms in total. The summed E-state index contributed by atoms with van der Waals surface area (Å²) in [6.45, 7) is 10.5. The number of hydrogen-bond acceptors (Lipinski definition) is 4. The maximum Gasteiger partial charge on any atom is 0.360 e. The third-order valence-electron chi connectivity index (χ3n) is 3.33. The second-order valence-corrected chi connectivity index (χ2v) is 4.93. The average Bonchev–Trinajstić information content (AvgIpc) is 2.68. The maximum absolute atomic E-state index is 11.8. The van der Waals surface area contributed by atoms with E-state index in [-0.39, 0.29) is 11.7 Å². The fraction of sp³-hybridized carbons (Fsp3) is 0.714. The van der Waals surface area contributed by atoms with Gasteiger partial charge >= 0.3 is 5.97 Å². The normalized spacial score (nSPS) is 12.7. The van der Waals surface area contributed by atoms with Gasteiger partial charge in [0.05, 0.1) is 6.61 Å². The fourth-order valence-electron chi connectivity index (χ4n) is 2.41. The van der Waals surface area contributed by atoms with Gasteiger partial charge in [0.2, 0.25) is 0 Å². The van der Waals surface area contributed by atoms with Crippen LogP contribution in [0.25, 0.3) is 0 Å². The highest BCUT2D eigenvalue weighted by Crippen LogP contribution is 2.29. The Morgan fingerprint density at radius 1 is 1.37 bits per heavy atom. The number of aromatic nitrogens is 2. The minimum Gasteiger partial charge on any atom is -0.461 e. The highest BCUT2D eigenvalue weighted by Gasteiger charge is 2.25. The predicted molar refractivity (Wildman–Crippen MR) is 76.1 cm³/mol. The van der Waals surface area contributed by atoms with Crippen LogP contribution >= 0.6 is 0 Å². The molecule has 0 fully saturated rings. The first-order valence-electron chi connectivity index (χ1n) is 7.01. The highest BCUT2D eigenvalue weighted by atomic mass is 16.5. The van der Waals surface area contributed by atoms with Crippen LogP contribution in [0.5, 0.6) is 0 Å². The van der Waals surface area contributed by atoms with E-state index in [1.807, 2.05) is 11.5 Å². The molecule has 1 unspecified atom stereocenters. The van der Waals surface area contributed by atoms with E-state index in [9.17, 15) is 4.79 Å². The number of hydrogen-bond donors (Lipinski definition) is 1. The molecule has 1 aromatic rings. The molecule has 1 heterocycles. The molecule has 5 heteroatoms. The van der Waals surface area contributed by atoms with Crippen LogP contribution in [-0.2, 0) is 11.2 Å². The van der Waals surface area contributed by atoms with Gasteiger partial charge in [-0.1, -0.05) is 27.7 Å². The molecule has 108 valence electrons. The lowest BCUT2D eigenvalue weighted by Gasteiger charge is -2.24. The van der Waals surface area contributed by atoms with Gasteiger partial charge in [-0.05, 0) is 19.3 Å². The standard InChI is InChI=1S/C14H25N3O2/c1-6-10(9(4)5)17-11(7-2)16-12(13(17)15)14(18)19-8-3/h9-10H,6-8,15H2,1-5H3. The molecule has 0 aromatic carbocycles. The number of ether oxygens (including phenoxy) is 1. The number of anilines is 1. The average molecular weight is 267 g/mol. The van der Waals surface area contributed by atoms with Crippen LogP contribution < -0.4 is 5.73 Å². The summed E-state index contributed by atoms with van der Waals surface area (Å²) in [5, 5.41) is 0. The number of nitrogens with zero attached hydrogens (tertiary/aromatic N) is 2. The summed E-state index contributed by atoms with van der Waals surface area (Å²) in [7, 11) is 0. The summed E-state index contributed by atoms with van der Waals surface area (Å²) >= 11 is 0. The lowest BCUT2D eigenvalue weighted by Crippen LogP contribution is -2.19. The van der Waals surface area contributed by atoms with Crippen molar-refractivity contribution in [2.24, 2.45) is 5.92 Å². The number of imidazole rings is 1. The van der Waals surface area contributed by atoms with Crippen LogP contribution in [0.4, 0.5) is 5.82 Å².